The molecule has 0 bridgehead atoms. The Morgan fingerprint density at radius 3 is 1.53 bits per heavy atom. The standard InChI is InChI=1S/C56H60N2/c1(3-17-43-57(53-25-15-8-16-26-53)54-41-35-52(36-42-54)49-29-27-48(28-30-49)45-19-9-5-10-20-45)2-4-18-44-58(55-37-31-50(32-38-55)46-21-11-6-12-22-46)56-39-33-51(34-40-56)47-23-13-7-14-24-47/h1-6,9-13,15,17-19,21,23-29,31-33,35,37,39-46,49,51-52,55H,7-8,14,16,20,22,30,34,36,38H2. The lowest BCUT2D eigenvalue weighted by atomic mass is 9.79. The summed E-state index contributed by atoms with van der Waals surface area (Å²) in [6, 6.07) is 0.286. The molecule has 0 saturated carbocycles. The highest BCUT2D eigenvalue weighted by atomic mass is 15.1. The second-order valence-corrected chi connectivity index (χ2v) is 16.4. The summed E-state index contributed by atoms with van der Waals surface area (Å²) in [6.07, 6.45) is 89.2. The van der Waals surface area contributed by atoms with Gasteiger partial charge in [-0.15, -0.1) is 0 Å². The zero-order valence-electron chi connectivity index (χ0n) is 34.1. The van der Waals surface area contributed by atoms with E-state index < -0.39 is 0 Å². The molecule has 6 unspecified atom stereocenters. The van der Waals surface area contributed by atoms with Crippen LogP contribution >= 0.6 is 0 Å². The van der Waals surface area contributed by atoms with Crippen LogP contribution in [0.2, 0.25) is 0 Å². The van der Waals surface area contributed by atoms with Crippen molar-refractivity contribution >= 4 is 0 Å². The first kappa shape index (κ1) is 39.2. The number of rotatable bonds is 13. The molecule has 2 heteroatoms. The van der Waals surface area contributed by atoms with Crippen LogP contribution in [-0.2, 0) is 0 Å². The van der Waals surface area contributed by atoms with Gasteiger partial charge in [0.05, 0.1) is 6.04 Å². The second kappa shape index (κ2) is 20.2. The Hall–Kier alpha value is -5.60. The predicted octanol–water partition coefficient (Wildman–Crippen LogP) is 14.2. The minimum Gasteiger partial charge on any atom is -0.341 e. The Labute approximate surface area is 348 Å². The van der Waals surface area contributed by atoms with Crippen LogP contribution in [0.4, 0.5) is 0 Å². The van der Waals surface area contributed by atoms with Gasteiger partial charge in [-0.1, -0.05) is 164 Å². The molecule has 0 radical (unpaired) electrons. The van der Waals surface area contributed by atoms with Crippen molar-refractivity contribution in [1.82, 2.24) is 9.80 Å². The van der Waals surface area contributed by atoms with Gasteiger partial charge in [0.2, 0.25) is 0 Å². The average Bonchev–Trinajstić information content (AvgIpc) is 3.31. The van der Waals surface area contributed by atoms with Crippen LogP contribution < -0.4 is 0 Å². The normalized spacial score (nSPS) is 29.0. The fraction of sp³-hybridized carbons (Fsp3) is 0.286. The molecular weight excluding hydrogens is 701 g/mol. The molecule has 294 valence electrons. The monoisotopic (exact) mass is 760 g/mol. The summed E-state index contributed by atoms with van der Waals surface area (Å²) in [5, 5.41) is 0. The molecule has 0 aromatic carbocycles. The summed E-state index contributed by atoms with van der Waals surface area (Å²) in [5.41, 5.74) is 8.15. The first-order valence-electron chi connectivity index (χ1n) is 22.0. The van der Waals surface area contributed by atoms with Gasteiger partial charge in [0.1, 0.15) is 0 Å². The van der Waals surface area contributed by atoms with Crippen molar-refractivity contribution in [3.05, 3.63) is 241 Å². The third kappa shape index (κ3) is 10.3. The van der Waals surface area contributed by atoms with Crippen molar-refractivity contribution in [3.63, 3.8) is 0 Å². The van der Waals surface area contributed by atoms with Crippen LogP contribution in [0.15, 0.2) is 241 Å². The number of hydrogen-bond donors (Lipinski definition) is 0. The zero-order valence-corrected chi connectivity index (χ0v) is 34.1. The van der Waals surface area contributed by atoms with Crippen LogP contribution in [0.3, 0.4) is 0 Å². The summed E-state index contributed by atoms with van der Waals surface area (Å²) in [6.45, 7) is 0. The molecule has 8 aliphatic rings. The maximum Gasteiger partial charge on any atom is 0.0554 e. The molecule has 0 spiro atoms. The van der Waals surface area contributed by atoms with Gasteiger partial charge in [-0.2, -0.15) is 0 Å². The van der Waals surface area contributed by atoms with E-state index >= 15 is 0 Å². The Bertz CT molecular complexity index is 2120. The minimum atomic E-state index is 0.286. The maximum absolute atomic E-state index is 2.48. The molecular formula is C56H60N2. The fourth-order valence-electron chi connectivity index (χ4n) is 9.11. The molecule has 8 rings (SSSR count). The Morgan fingerprint density at radius 1 is 0.379 bits per heavy atom. The van der Waals surface area contributed by atoms with Gasteiger partial charge in [-0.05, 0) is 123 Å². The van der Waals surface area contributed by atoms with Gasteiger partial charge in [-0.25, -0.2) is 0 Å². The van der Waals surface area contributed by atoms with Gasteiger partial charge < -0.3 is 9.80 Å². The highest BCUT2D eigenvalue weighted by Crippen LogP contribution is 2.36. The van der Waals surface area contributed by atoms with Crippen LogP contribution in [0.25, 0.3) is 0 Å². The lowest BCUT2D eigenvalue weighted by Gasteiger charge is -2.33. The summed E-state index contributed by atoms with van der Waals surface area (Å²) < 4.78 is 0. The SMILES string of the molecule is C(C=CC=CN(C1=CCC(C2=CCCC=C2)C=C1)C1C=CC(C2C=CC=CC2)=CC1)=CC=CN(C1=CCCC=C1)C1=CCC(C2C=CC(C3C=CC=CC3)=CC2)C=C1. The van der Waals surface area contributed by atoms with Crippen molar-refractivity contribution < 1.29 is 0 Å². The van der Waals surface area contributed by atoms with Crippen molar-refractivity contribution in [2.24, 2.45) is 29.6 Å². The van der Waals surface area contributed by atoms with Crippen LogP contribution in [0.1, 0.15) is 64.2 Å². The molecule has 8 aliphatic carbocycles. The third-order valence-corrected chi connectivity index (χ3v) is 12.5. The molecule has 0 heterocycles. The third-order valence-electron chi connectivity index (χ3n) is 12.5. The van der Waals surface area contributed by atoms with Crippen LogP contribution in [-0.4, -0.2) is 15.8 Å². The molecule has 2 nitrogen and oxygen atoms in total. The van der Waals surface area contributed by atoms with Crippen molar-refractivity contribution in [1.29, 1.82) is 0 Å². The van der Waals surface area contributed by atoms with Gasteiger partial charge in [0.15, 0.2) is 0 Å². The molecule has 0 N–H and O–H groups in total. The van der Waals surface area contributed by atoms with E-state index in [1.165, 1.54) is 33.8 Å². The van der Waals surface area contributed by atoms with Crippen molar-refractivity contribution in [3.8, 4) is 0 Å². The van der Waals surface area contributed by atoms with Crippen molar-refractivity contribution in [2.45, 2.75) is 70.3 Å². The topological polar surface area (TPSA) is 6.48 Å². The van der Waals surface area contributed by atoms with E-state index in [1.54, 1.807) is 0 Å². The van der Waals surface area contributed by atoms with E-state index in [-0.39, 0.29) is 6.04 Å². The van der Waals surface area contributed by atoms with Crippen molar-refractivity contribution in [2.75, 3.05) is 0 Å². The molecule has 0 aromatic rings. The smallest absolute Gasteiger partial charge is 0.0554 e. The first-order valence-corrected chi connectivity index (χ1v) is 22.0. The van der Waals surface area contributed by atoms with Gasteiger partial charge >= 0.3 is 0 Å². The van der Waals surface area contributed by atoms with E-state index in [0.717, 1.165) is 64.2 Å². The largest absolute Gasteiger partial charge is 0.341 e. The zero-order chi connectivity index (χ0) is 39.2. The molecule has 0 amide bonds. The maximum atomic E-state index is 2.48. The molecule has 58 heavy (non-hydrogen) atoms. The Morgan fingerprint density at radius 2 is 0.966 bits per heavy atom. The van der Waals surface area contributed by atoms with Gasteiger partial charge in [0, 0.05) is 47.2 Å². The molecule has 0 saturated heterocycles. The molecule has 0 aliphatic heterocycles. The highest BCUT2D eigenvalue weighted by molar-refractivity contribution is 5.40. The number of hydrogen-bond acceptors (Lipinski definition) is 2. The predicted molar refractivity (Wildman–Crippen MR) is 248 cm³/mol. The summed E-state index contributed by atoms with van der Waals surface area (Å²) in [4.78, 5) is 4.80. The Balaban J connectivity index is 0.889. The van der Waals surface area contributed by atoms with Crippen LogP contribution in [0.5, 0.6) is 0 Å². The van der Waals surface area contributed by atoms with Crippen LogP contribution in [0, 0.1) is 29.6 Å². The van der Waals surface area contributed by atoms with Gasteiger partial charge in [-0.3, -0.25) is 0 Å². The lowest BCUT2D eigenvalue weighted by Crippen LogP contribution is -2.30. The Kier molecular flexibility index (Phi) is 13.7. The second-order valence-electron chi connectivity index (χ2n) is 16.4. The molecule has 0 aromatic heterocycles. The molecule has 0 fully saturated rings. The van der Waals surface area contributed by atoms with Gasteiger partial charge in [0.25, 0.3) is 0 Å². The minimum absolute atomic E-state index is 0.286. The van der Waals surface area contributed by atoms with E-state index in [9.17, 15) is 0 Å². The molecule has 6 atom stereocenters. The number of allylic oxidation sites excluding steroid dienone is 33. The summed E-state index contributed by atoms with van der Waals surface area (Å²) in [7, 11) is 0. The van der Waals surface area contributed by atoms with E-state index in [0.29, 0.717) is 29.6 Å². The quantitative estimate of drug-likeness (QED) is 0.173. The number of nitrogens with zero attached hydrogens (tertiary/aromatic N) is 2. The average molecular weight is 761 g/mol. The first-order chi connectivity index (χ1) is 28.8. The highest BCUT2D eigenvalue weighted by Gasteiger charge is 2.24. The van der Waals surface area contributed by atoms with E-state index in [4.69, 9.17) is 0 Å². The summed E-state index contributed by atoms with van der Waals surface area (Å²) >= 11 is 0. The summed E-state index contributed by atoms with van der Waals surface area (Å²) in [5.74, 6) is 2.60. The van der Waals surface area contributed by atoms with E-state index in [2.05, 4.69) is 217 Å². The van der Waals surface area contributed by atoms with E-state index in [1.807, 2.05) is 0 Å². The lowest BCUT2D eigenvalue weighted by molar-refractivity contribution is 0.397. The fourth-order valence-corrected chi connectivity index (χ4v) is 9.11.